The van der Waals surface area contributed by atoms with Crippen molar-refractivity contribution >= 4 is 5.96 Å². The van der Waals surface area contributed by atoms with Gasteiger partial charge in [-0.1, -0.05) is 20.3 Å². The lowest BCUT2D eigenvalue weighted by Crippen LogP contribution is -2.49. The molecule has 1 aromatic heterocycles. The third-order valence-electron chi connectivity index (χ3n) is 4.97. The zero-order valence-corrected chi connectivity index (χ0v) is 17.3. The van der Waals surface area contributed by atoms with Crippen LogP contribution in [0.25, 0.3) is 0 Å². The van der Waals surface area contributed by atoms with Gasteiger partial charge in [0.05, 0.1) is 38.7 Å². The minimum atomic E-state index is 0.432. The van der Waals surface area contributed by atoms with E-state index in [1.807, 2.05) is 12.5 Å². The standard InChI is InChI=1S/C20H37N5O2/c1-4-6-12-26-14-15-27-13-9-23-20(22-5-2)24-10-7-18(3)19(16-24)25-11-8-21-17-25/h8,11,17-19H,4-7,9-10,12-16H2,1-3H3,(H,22,23). The first kappa shape index (κ1) is 21.7. The molecule has 0 amide bonds. The van der Waals surface area contributed by atoms with E-state index in [0.717, 1.165) is 45.0 Å². The van der Waals surface area contributed by atoms with E-state index in [1.54, 1.807) is 0 Å². The number of piperidine rings is 1. The van der Waals surface area contributed by atoms with E-state index in [-0.39, 0.29) is 0 Å². The first-order valence-corrected chi connectivity index (χ1v) is 10.4. The first-order chi connectivity index (χ1) is 13.3. The predicted molar refractivity (Wildman–Crippen MR) is 109 cm³/mol. The molecule has 0 spiro atoms. The molecule has 0 saturated carbocycles. The number of aliphatic imine (C=N–C) groups is 1. The molecular formula is C20H37N5O2. The van der Waals surface area contributed by atoms with Gasteiger partial charge in [-0.2, -0.15) is 0 Å². The lowest BCUT2D eigenvalue weighted by atomic mass is 9.93. The molecule has 1 aliphatic rings. The van der Waals surface area contributed by atoms with Crippen molar-refractivity contribution < 1.29 is 9.47 Å². The van der Waals surface area contributed by atoms with E-state index in [0.29, 0.717) is 38.3 Å². The molecule has 2 unspecified atom stereocenters. The summed E-state index contributed by atoms with van der Waals surface area (Å²) in [6, 6.07) is 0.432. The van der Waals surface area contributed by atoms with Crippen molar-refractivity contribution in [1.29, 1.82) is 0 Å². The summed E-state index contributed by atoms with van der Waals surface area (Å²) in [5.41, 5.74) is 0. The lowest BCUT2D eigenvalue weighted by molar-refractivity contribution is 0.0497. The van der Waals surface area contributed by atoms with Crippen LogP contribution in [0.4, 0.5) is 0 Å². The van der Waals surface area contributed by atoms with Gasteiger partial charge in [0.25, 0.3) is 0 Å². The third-order valence-corrected chi connectivity index (χ3v) is 4.97. The van der Waals surface area contributed by atoms with Crippen molar-refractivity contribution in [3.8, 4) is 0 Å². The second-order valence-electron chi connectivity index (χ2n) is 7.10. The van der Waals surface area contributed by atoms with Crippen LogP contribution in [0.2, 0.25) is 0 Å². The van der Waals surface area contributed by atoms with E-state index in [9.17, 15) is 0 Å². The van der Waals surface area contributed by atoms with Gasteiger partial charge in [0.15, 0.2) is 5.96 Å². The van der Waals surface area contributed by atoms with Gasteiger partial charge in [0, 0.05) is 38.6 Å². The molecule has 7 heteroatoms. The summed E-state index contributed by atoms with van der Waals surface area (Å²) in [6.45, 7) is 12.9. The summed E-state index contributed by atoms with van der Waals surface area (Å²) in [4.78, 5) is 11.3. The molecule has 1 aromatic rings. The molecule has 0 radical (unpaired) electrons. The largest absolute Gasteiger partial charge is 0.379 e. The van der Waals surface area contributed by atoms with E-state index < -0.39 is 0 Å². The fourth-order valence-corrected chi connectivity index (χ4v) is 3.31. The van der Waals surface area contributed by atoms with Crippen molar-refractivity contribution in [2.75, 3.05) is 52.6 Å². The molecule has 27 heavy (non-hydrogen) atoms. The molecule has 0 aliphatic carbocycles. The Bertz CT molecular complexity index is 520. The molecule has 0 aromatic carbocycles. The monoisotopic (exact) mass is 379 g/mol. The average molecular weight is 380 g/mol. The van der Waals surface area contributed by atoms with Crippen LogP contribution in [-0.2, 0) is 9.47 Å². The number of unbranched alkanes of at least 4 members (excludes halogenated alkanes) is 1. The maximum absolute atomic E-state index is 5.64. The van der Waals surface area contributed by atoms with Crippen LogP contribution < -0.4 is 5.32 Å². The minimum absolute atomic E-state index is 0.432. The molecule has 1 saturated heterocycles. The van der Waals surface area contributed by atoms with Gasteiger partial charge in [-0.15, -0.1) is 0 Å². The van der Waals surface area contributed by atoms with Gasteiger partial charge < -0.3 is 24.3 Å². The lowest BCUT2D eigenvalue weighted by Gasteiger charge is -2.39. The van der Waals surface area contributed by atoms with Crippen molar-refractivity contribution in [1.82, 2.24) is 19.8 Å². The van der Waals surface area contributed by atoms with E-state index in [2.05, 4.69) is 46.7 Å². The summed E-state index contributed by atoms with van der Waals surface area (Å²) in [7, 11) is 0. The van der Waals surface area contributed by atoms with Crippen LogP contribution in [0.3, 0.4) is 0 Å². The second kappa shape index (κ2) is 12.7. The van der Waals surface area contributed by atoms with Crippen LogP contribution in [0.15, 0.2) is 23.7 Å². The normalized spacial score (nSPS) is 20.9. The van der Waals surface area contributed by atoms with Crippen LogP contribution >= 0.6 is 0 Å². The predicted octanol–water partition coefficient (Wildman–Crippen LogP) is 2.56. The number of ether oxygens (including phenoxy) is 2. The van der Waals surface area contributed by atoms with Crippen molar-refractivity contribution in [3.05, 3.63) is 18.7 Å². The molecule has 0 bridgehead atoms. The average Bonchev–Trinajstić information content (AvgIpc) is 3.21. The Labute approximate surface area is 164 Å². The molecule has 1 aliphatic heterocycles. The quantitative estimate of drug-likeness (QED) is 0.364. The Balaban J connectivity index is 1.77. The number of hydrogen-bond acceptors (Lipinski definition) is 4. The van der Waals surface area contributed by atoms with Crippen molar-refractivity contribution in [3.63, 3.8) is 0 Å². The molecule has 1 N–H and O–H groups in total. The topological polar surface area (TPSA) is 63.9 Å². The number of guanidine groups is 1. The van der Waals surface area contributed by atoms with Gasteiger partial charge in [-0.05, 0) is 25.7 Å². The van der Waals surface area contributed by atoms with Crippen LogP contribution in [0.5, 0.6) is 0 Å². The number of hydrogen-bond donors (Lipinski definition) is 1. The Hall–Kier alpha value is -1.60. The summed E-state index contributed by atoms with van der Waals surface area (Å²) in [6.07, 6.45) is 9.27. The van der Waals surface area contributed by atoms with E-state index in [4.69, 9.17) is 14.5 Å². The summed E-state index contributed by atoms with van der Waals surface area (Å²) in [5.74, 6) is 1.62. The Morgan fingerprint density at radius 3 is 2.74 bits per heavy atom. The highest BCUT2D eigenvalue weighted by atomic mass is 16.5. The smallest absolute Gasteiger partial charge is 0.194 e. The van der Waals surface area contributed by atoms with Crippen molar-refractivity contribution in [2.24, 2.45) is 10.9 Å². The minimum Gasteiger partial charge on any atom is -0.379 e. The molecular weight excluding hydrogens is 342 g/mol. The summed E-state index contributed by atoms with van der Waals surface area (Å²) < 4.78 is 13.4. The van der Waals surface area contributed by atoms with E-state index in [1.165, 1.54) is 6.42 Å². The molecule has 2 heterocycles. The zero-order valence-electron chi connectivity index (χ0n) is 17.3. The van der Waals surface area contributed by atoms with Gasteiger partial charge in [0.1, 0.15) is 0 Å². The number of likely N-dealkylation sites (tertiary alicyclic amines) is 1. The second-order valence-corrected chi connectivity index (χ2v) is 7.10. The molecule has 154 valence electrons. The number of nitrogens with zero attached hydrogens (tertiary/aromatic N) is 4. The highest BCUT2D eigenvalue weighted by Crippen LogP contribution is 2.27. The third kappa shape index (κ3) is 7.50. The Morgan fingerprint density at radius 2 is 2.04 bits per heavy atom. The number of rotatable bonds is 11. The van der Waals surface area contributed by atoms with Gasteiger partial charge in [-0.3, -0.25) is 4.99 Å². The van der Waals surface area contributed by atoms with Crippen LogP contribution in [0, 0.1) is 5.92 Å². The summed E-state index contributed by atoms with van der Waals surface area (Å²) in [5, 5.41) is 3.43. The SMILES string of the molecule is CCCCOCCOCCN=C(NCC)N1CCC(C)C(n2ccnc2)C1. The molecule has 1 fully saturated rings. The van der Waals surface area contributed by atoms with Gasteiger partial charge >= 0.3 is 0 Å². The van der Waals surface area contributed by atoms with Crippen LogP contribution in [-0.4, -0.2) is 73.0 Å². The fourth-order valence-electron chi connectivity index (χ4n) is 3.31. The van der Waals surface area contributed by atoms with E-state index >= 15 is 0 Å². The Morgan fingerprint density at radius 1 is 1.22 bits per heavy atom. The molecule has 7 nitrogen and oxygen atoms in total. The highest BCUT2D eigenvalue weighted by Gasteiger charge is 2.28. The zero-order chi connectivity index (χ0) is 19.3. The van der Waals surface area contributed by atoms with Crippen LogP contribution in [0.1, 0.15) is 46.1 Å². The maximum Gasteiger partial charge on any atom is 0.194 e. The Kier molecular flexibility index (Phi) is 10.2. The van der Waals surface area contributed by atoms with Gasteiger partial charge in [-0.25, -0.2) is 4.98 Å². The maximum atomic E-state index is 5.64. The number of nitrogens with one attached hydrogen (secondary N) is 1. The molecule has 2 rings (SSSR count). The van der Waals surface area contributed by atoms with Crippen molar-refractivity contribution in [2.45, 2.75) is 46.1 Å². The number of imidazole rings is 1. The fraction of sp³-hybridized carbons (Fsp3) is 0.800. The summed E-state index contributed by atoms with van der Waals surface area (Å²) >= 11 is 0. The van der Waals surface area contributed by atoms with Gasteiger partial charge in [0.2, 0.25) is 0 Å². The number of aromatic nitrogens is 2. The highest BCUT2D eigenvalue weighted by molar-refractivity contribution is 5.80. The first-order valence-electron chi connectivity index (χ1n) is 10.4. The molecule has 2 atom stereocenters.